The van der Waals surface area contributed by atoms with Gasteiger partial charge in [-0.15, -0.1) is 0 Å². The Labute approximate surface area is 131 Å². The molecule has 5 heteroatoms. The van der Waals surface area contributed by atoms with E-state index in [-0.39, 0.29) is 17.4 Å². The van der Waals surface area contributed by atoms with E-state index in [4.69, 9.17) is 9.47 Å². The van der Waals surface area contributed by atoms with Crippen molar-refractivity contribution in [2.45, 2.75) is 31.7 Å². The summed E-state index contributed by atoms with van der Waals surface area (Å²) in [4.78, 5) is 16.7. The Morgan fingerprint density at radius 1 is 1.41 bits per heavy atom. The minimum atomic E-state index is -0.307. The minimum absolute atomic E-state index is 0.0926. The zero-order valence-corrected chi connectivity index (χ0v) is 13.1. The van der Waals surface area contributed by atoms with Gasteiger partial charge in [0.2, 0.25) is 5.91 Å². The molecule has 1 amide bonds. The maximum atomic E-state index is 12.6. The van der Waals surface area contributed by atoms with Crippen molar-refractivity contribution in [3.8, 4) is 0 Å². The zero-order chi connectivity index (χ0) is 15.4. The van der Waals surface area contributed by atoms with Gasteiger partial charge in [-0.2, -0.15) is 0 Å². The van der Waals surface area contributed by atoms with Crippen molar-refractivity contribution >= 4 is 5.91 Å². The molecule has 2 heterocycles. The number of methoxy groups -OCH3 is 1. The summed E-state index contributed by atoms with van der Waals surface area (Å²) in [5.41, 5.74) is 0.929. The number of amides is 1. The van der Waals surface area contributed by atoms with Gasteiger partial charge in [-0.1, -0.05) is 6.42 Å². The Bertz CT molecular complexity index is 502. The Balaban J connectivity index is 1.60. The van der Waals surface area contributed by atoms with Crippen molar-refractivity contribution in [3.05, 3.63) is 30.1 Å². The number of carbonyl (C=O) groups excluding carboxylic acids is 1. The monoisotopic (exact) mass is 304 g/mol. The van der Waals surface area contributed by atoms with Crippen LogP contribution in [0.15, 0.2) is 24.5 Å². The number of aromatic nitrogens is 1. The molecule has 1 aromatic rings. The highest BCUT2D eigenvalue weighted by Gasteiger charge is 2.45. The third-order valence-electron chi connectivity index (χ3n) is 4.98. The molecule has 22 heavy (non-hydrogen) atoms. The second-order valence-corrected chi connectivity index (χ2v) is 6.50. The van der Waals surface area contributed by atoms with Crippen LogP contribution in [-0.4, -0.2) is 43.9 Å². The number of hydrogen-bond donors (Lipinski definition) is 1. The normalized spacial score (nSPS) is 26.4. The summed E-state index contributed by atoms with van der Waals surface area (Å²) in [6.07, 6.45) is 7.48. The van der Waals surface area contributed by atoms with E-state index in [2.05, 4.69) is 10.3 Å². The molecule has 0 aromatic carbocycles. The summed E-state index contributed by atoms with van der Waals surface area (Å²) in [7, 11) is 1.66. The molecule has 120 valence electrons. The minimum Gasteiger partial charge on any atom is -0.384 e. The largest absolute Gasteiger partial charge is 0.384 e. The van der Waals surface area contributed by atoms with Gasteiger partial charge in [0.1, 0.15) is 0 Å². The fourth-order valence-electron chi connectivity index (χ4n) is 3.42. The lowest BCUT2D eigenvalue weighted by Crippen LogP contribution is -2.53. The first kappa shape index (κ1) is 15.4. The van der Waals surface area contributed by atoms with Gasteiger partial charge in [0.15, 0.2) is 0 Å². The van der Waals surface area contributed by atoms with E-state index in [1.54, 1.807) is 19.5 Å². The third kappa shape index (κ3) is 3.15. The van der Waals surface area contributed by atoms with E-state index in [1.807, 2.05) is 12.1 Å². The fraction of sp³-hybridized carbons (Fsp3) is 0.647. The van der Waals surface area contributed by atoms with Crippen molar-refractivity contribution in [2.24, 2.45) is 11.3 Å². The van der Waals surface area contributed by atoms with Gasteiger partial charge in [-0.05, 0) is 37.0 Å². The summed E-state index contributed by atoms with van der Waals surface area (Å²) in [5.74, 6) is 0.460. The lowest BCUT2D eigenvalue weighted by atomic mass is 9.68. The first-order chi connectivity index (χ1) is 10.7. The molecule has 2 aliphatic rings. The number of carbonyl (C=O) groups is 1. The average molecular weight is 304 g/mol. The number of rotatable bonds is 6. The van der Waals surface area contributed by atoms with E-state index >= 15 is 0 Å². The van der Waals surface area contributed by atoms with Crippen LogP contribution in [0.3, 0.4) is 0 Å². The van der Waals surface area contributed by atoms with Gasteiger partial charge in [0.25, 0.3) is 0 Å². The van der Waals surface area contributed by atoms with Gasteiger partial charge >= 0.3 is 0 Å². The first-order valence-electron chi connectivity index (χ1n) is 8.00. The number of pyridine rings is 1. The number of ether oxygens (including phenoxy) is 2. The Morgan fingerprint density at radius 3 is 2.82 bits per heavy atom. The van der Waals surface area contributed by atoms with Gasteiger partial charge in [-0.25, -0.2) is 0 Å². The molecular formula is C17H24N2O3. The predicted molar refractivity (Wildman–Crippen MR) is 82.3 cm³/mol. The van der Waals surface area contributed by atoms with E-state index in [0.29, 0.717) is 25.7 Å². The highest BCUT2D eigenvalue weighted by molar-refractivity contribution is 5.84. The lowest BCUT2D eigenvalue weighted by Gasteiger charge is -2.40. The maximum Gasteiger partial charge on any atom is 0.228 e. The van der Waals surface area contributed by atoms with E-state index in [9.17, 15) is 4.79 Å². The molecule has 1 N–H and O–H groups in total. The van der Waals surface area contributed by atoms with Crippen LogP contribution in [0.2, 0.25) is 0 Å². The van der Waals surface area contributed by atoms with E-state index in [0.717, 1.165) is 25.7 Å². The summed E-state index contributed by atoms with van der Waals surface area (Å²) in [5, 5.41) is 3.22. The molecule has 1 aromatic heterocycles. The third-order valence-corrected chi connectivity index (χ3v) is 4.98. The predicted octanol–water partition coefficient (Wildman–Crippen LogP) is 1.57. The van der Waals surface area contributed by atoms with Gasteiger partial charge < -0.3 is 14.8 Å². The molecule has 3 rings (SSSR count). The molecule has 1 saturated heterocycles. The molecule has 5 nitrogen and oxygen atoms in total. The molecule has 1 saturated carbocycles. The molecule has 2 fully saturated rings. The molecule has 1 aliphatic heterocycles. The van der Waals surface area contributed by atoms with Crippen molar-refractivity contribution in [1.82, 2.24) is 10.3 Å². The molecular weight excluding hydrogens is 280 g/mol. The highest BCUT2D eigenvalue weighted by atomic mass is 16.5. The molecule has 0 radical (unpaired) electrons. The first-order valence-corrected chi connectivity index (χ1v) is 8.00. The lowest BCUT2D eigenvalue weighted by molar-refractivity contribution is -0.141. The summed E-state index contributed by atoms with van der Waals surface area (Å²) < 4.78 is 10.9. The van der Waals surface area contributed by atoms with Crippen LogP contribution in [-0.2, 0) is 20.7 Å². The van der Waals surface area contributed by atoms with Crippen LogP contribution in [0.5, 0.6) is 0 Å². The van der Waals surface area contributed by atoms with Crippen molar-refractivity contribution in [1.29, 1.82) is 0 Å². The maximum absolute atomic E-state index is 12.6. The quantitative estimate of drug-likeness (QED) is 0.866. The Kier molecular flexibility index (Phi) is 4.74. The molecule has 0 bridgehead atoms. The zero-order valence-electron chi connectivity index (χ0n) is 13.1. The molecule has 0 unspecified atom stereocenters. The highest BCUT2D eigenvalue weighted by Crippen LogP contribution is 2.41. The van der Waals surface area contributed by atoms with Gasteiger partial charge in [-0.3, -0.25) is 9.78 Å². The van der Waals surface area contributed by atoms with E-state index in [1.165, 1.54) is 5.56 Å². The van der Waals surface area contributed by atoms with E-state index < -0.39 is 0 Å². The number of hydrogen-bond acceptors (Lipinski definition) is 4. The summed E-state index contributed by atoms with van der Waals surface area (Å²) in [6, 6.07) is 4.14. The van der Waals surface area contributed by atoms with Crippen molar-refractivity contribution in [2.75, 3.05) is 26.9 Å². The second kappa shape index (κ2) is 6.75. The van der Waals surface area contributed by atoms with Crippen molar-refractivity contribution in [3.63, 3.8) is 0 Å². The second-order valence-electron chi connectivity index (χ2n) is 6.50. The van der Waals surface area contributed by atoms with Gasteiger partial charge in [0.05, 0.1) is 31.3 Å². The standard InChI is InChI=1S/C17H24N2O3/c1-21-12-17(5-2-6-17)16(20)19-15-11-22-10-14(15)9-13-3-7-18-8-4-13/h3-4,7-8,14-15H,2,5-6,9-12H2,1H3,(H,19,20)/t14-,15-/m1/s1. The summed E-state index contributed by atoms with van der Waals surface area (Å²) >= 11 is 0. The summed E-state index contributed by atoms with van der Waals surface area (Å²) in [6.45, 7) is 1.82. The van der Waals surface area contributed by atoms with Crippen LogP contribution in [0.4, 0.5) is 0 Å². The van der Waals surface area contributed by atoms with Crippen LogP contribution < -0.4 is 5.32 Å². The van der Waals surface area contributed by atoms with Crippen LogP contribution in [0.1, 0.15) is 24.8 Å². The molecule has 0 spiro atoms. The van der Waals surface area contributed by atoms with Gasteiger partial charge in [0, 0.05) is 25.4 Å². The Morgan fingerprint density at radius 2 is 2.18 bits per heavy atom. The van der Waals surface area contributed by atoms with Crippen LogP contribution in [0, 0.1) is 11.3 Å². The number of nitrogens with zero attached hydrogens (tertiary/aromatic N) is 1. The smallest absolute Gasteiger partial charge is 0.228 e. The fourth-order valence-corrected chi connectivity index (χ4v) is 3.42. The average Bonchev–Trinajstić information content (AvgIpc) is 2.91. The topological polar surface area (TPSA) is 60.5 Å². The number of nitrogens with one attached hydrogen (secondary N) is 1. The Hall–Kier alpha value is -1.46. The van der Waals surface area contributed by atoms with Crippen LogP contribution >= 0.6 is 0 Å². The van der Waals surface area contributed by atoms with Crippen molar-refractivity contribution < 1.29 is 14.3 Å². The SMILES string of the molecule is COCC1(C(=O)N[C@@H]2COC[C@H]2Cc2ccncc2)CCC1. The van der Waals surface area contributed by atoms with Crippen LogP contribution in [0.25, 0.3) is 0 Å². The molecule has 2 atom stereocenters. The molecule has 1 aliphatic carbocycles.